The standard InChI is InChI=1S/C13H10FN3O2/c1-15-11-5-3-8(12(14)17-11)13-16-9-4-2-7(18)6-10(9)19-13/h2-6,18H,1H3,(H,15,17)/i14-1. The molecule has 0 atom stereocenters. The van der Waals surface area contributed by atoms with E-state index in [0.717, 1.165) is 0 Å². The molecule has 19 heavy (non-hydrogen) atoms. The van der Waals surface area contributed by atoms with E-state index in [1.54, 1.807) is 25.2 Å². The van der Waals surface area contributed by atoms with Crippen molar-refractivity contribution in [3.05, 3.63) is 36.3 Å². The van der Waals surface area contributed by atoms with Gasteiger partial charge in [0.05, 0.1) is 5.56 Å². The van der Waals surface area contributed by atoms with E-state index >= 15 is 0 Å². The first-order chi connectivity index (χ1) is 9.17. The van der Waals surface area contributed by atoms with Crippen LogP contribution in [0.15, 0.2) is 34.7 Å². The summed E-state index contributed by atoms with van der Waals surface area (Å²) >= 11 is 0. The molecule has 6 heteroatoms. The van der Waals surface area contributed by atoms with Crippen molar-refractivity contribution in [3.63, 3.8) is 0 Å². The summed E-state index contributed by atoms with van der Waals surface area (Å²) in [6.07, 6.45) is 0. The maximum atomic E-state index is 13.8. The molecule has 5 nitrogen and oxygen atoms in total. The first-order valence-corrected chi connectivity index (χ1v) is 5.61. The first kappa shape index (κ1) is 11.5. The van der Waals surface area contributed by atoms with E-state index in [4.69, 9.17) is 4.42 Å². The number of fused-ring (bicyclic) bond motifs is 1. The Hall–Kier alpha value is -2.63. The number of hydrogen-bond donors (Lipinski definition) is 2. The van der Waals surface area contributed by atoms with Crippen molar-refractivity contribution in [1.29, 1.82) is 0 Å². The van der Waals surface area contributed by atoms with Gasteiger partial charge in [0, 0.05) is 13.1 Å². The van der Waals surface area contributed by atoms with Gasteiger partial charge in [0.2, 0.25) is 11.8 Å². The SMILES string of the molecule is CNc1ccc(-c2nc3ccc(O)cc3o2)c([18F])n1. The zero-order valence-corrected chi connectivity index (χ0v) is 10.0. The molecule has 0 saturated heterocycles. The lowest BCUT2D eigenvalue weighted by atomic mass is 10.2. The molecule has 96 valence electrons. The van der Waals surface area contributed by atoms with Crippen LogP contribution in [0.25, 0.3) is 22.6 Å². The van der Waals surface area contributed by atoms with Crippen LogP contribution in [0.2, 0.25) is 0 Å². The van der Waals surface area contributed by atoms with Gasteiger partial charge < -0.3 is 14.8 Å². The van der Waals surface area contributed by atoms with Crippen LogP contribution in [0.5, 0.6) is 5.75 Å². The number of oxazole rings is 1. The zero-order chi connectivity index (χ0) is 13.4. The number of aromatic nitrogens is 2. The van der Waals surface area contributed by atoms with Gasteiger partial charge in [0.15, 0.2) is 5.58 Å². The summed E-state index contributed by atoms with van der Waals surface area (Å²) in [6.45, 7) is 0. The van der Waals surface area contributed by atoms with Crippen molar-refractivity contribution in [1.82, 2.24) is 9.97 Å². The van der Waals surface area contributed by atoms with Crippen molar-refractivity contribution >= 4 is 16.9 Å². The Labute approximate surface area is 107 Å². The molecule has 3 aromatic rings. The molecule has 2 aromatic heterocycles. The van der Waals surface area contributed by atoms with Gasteiger partial charge in [0.25, 0.3) is 0 Å². The molecule has 0 unspecified atom stereocenters. The van der Waals surface area contributed by atoms with Gasteiger partial charge in [-0.1, -0.05) is 0 Å². The Morgan fingerprint density at radius 1 is 1.21 bits per heavy atom. The summed E-state index contributed by atoms with van der Waals surface area (Å²) in [6, 6.07) is 7.70. The fourth-order valence-electron chi connectivity index (χ4n) is 1.76. The molecule has 0 saturated carbocycles. The third-order valence-electron chi connectivity index (χ3n) is 2.71. The van der Waals surface area contributed by atoms with Crippen LogP contribution in [-0.2, 0) is 0 Å². The fraction of sp³-hybridized carbons (Fsp3) is 0.0769. The summed E-state index contributed by atoms with van der Waals surface area (Å²) in [5.74, 6) is -0.0368. The third kappa shape index (κ3) is 1.97. The van der Waals surface area contributed by atoms with Gasteiger partial charge in [-0.3, -0.25) is 0 Å². The number of aromatic hydroxyl groups is 1. The van der Waals surface area contributed by atoms with Crippen LogP contribution in [0.1, 0.15) is 0 Å². The Morgan fingerprint density at radius 2 is 2.05 bits per heavy atom. The lowest BCUT2D eigenvalue weighted by Gasteiger charge is -2.01. The van der Waals surface area contributed by atoms with Crippen molar-refractivity contribution in [2.75, 3.05) is 12.4 Å². The number of nitrogens with one attached hydrogen (secondary N) is 1. The van der Waals surface area contributed by atoms with Gasteiger partial charge in [0.1, 0.15) is 17.1 Å². The average molecular weight is 258 g/mol. The van der Waals surface area contributed by atoms with E-state index in [0.29, 0.717) is 16.9 Å². The van der Waals surface area contributed by atoms with Crippen molar-refractivity contribution in [3.8, 4) is 17.2 Å². The van der Waals surface area contributed by atoms with Gasteiger partial charge in [-0.15, -0.1) is 0 Å². The van der Waals surface area contributed by atoms with Crippen molar-refractivity contribution in [2.45, 2.75) is 0 Å². The lowest BCUT2D eigenvalue weighted by molar-refractivity contribution is 0.474. The van der Waals surface area contributed by atoms with E-state index in [1.807, 2.05) is 0 Å². The third-order valence-corrected chi connectivity index (χ3v) is 2.71. The summed E-state index contributed by atoms with van der Waals surface area (Å²) in [4.78, 5) is 7.89. The number of hydrogen-bond acceptors (Lipinski definition) is 5. The minimum Gasteiger partial charge on any atom is -0.508 e. The Morgan fingerprint density at radius 3 is 2.79 bits per heavy atom. The van der Waals surface area contributed by atoms with Crippen molar-refractivity contribution < 1.29 is 13.9 Å². The normalized spacial score (nSPS) is 10.8. The molecule has 0 amide bonds. The van der Waals surface area contributed by atoms with Gasteiger partial charge in [-0.25, -0.2) is 9.97 Å². The lowest BCUT2D eigenvalue weighted by Crippen LogP contribution is -1.96. The predicted molar refractivity (Wildman–Crippen MR) is 68.4 cm³/mol. The number of nitrogens with zero attached hydrogens (tertiary/aromatic N) is 2. The maximum Gasteiger partial charge on any atom is 0.231 e. The Bertz CT molecular complexity index is 755. The molecule has 0 aliphatic heterocycles. The number of pyridine rings is 1. The number of benzene rings is 1. The van der Waals surface area contributed by atoms with Crippen LogP contribution in [0.3, 0.4) is 0 Å². The van der Waals surface area contributed by atoms with Crippen LogP contribution in [0, 0.1) is 5.95 Å². The molecule has 0 spiro atoms. The summed E-state index contributed by atoms with van der Waals surface area (Å²) in [7, 11) is 1.66. The Balaban J connectivity index is 2.13. The van der Waals surface area contributed by atoms with E-state index in [1.165, 1.54) is 12.1 Å². The second-order valence-electron chi connectivity index (χ2n) is 3.96. The van der Waals surface area contributed by atoms with Crippen LogP contribution < -0.4 is 5.32 Å². The molecule has 0 aliphatic rings. The molecular weight excluding hydrogens is 248 g/mol. The second kappa shape index (κ2) is 4.24. The average Bonchev–Trinajstić information content (AvgIpc) is 2.81. The number of rotatable bonds is 2. The fourth-order valence-corrected chi connectivity index (χ4v) is 1.76. The van der Waals surface area contributed by atoms with Gasteiger partial charge in [-0.05, 0) is 24.3 Å². The van der Waals surface area contributed by atoms with E-state index < -0.39 is 5.95 Å². The molecule has 0 bridgehead atoms. The van der Waals surface area contributed by atoms with Crippen molar-refractivity contribution in [2.24, 2.45) is 0 Å². The minimum atomic E-state index is -0.664. The molecule has 3 rings (SSSR count). The van der Waals surface area contributed by atoms with Gasteiger partial charge >= 0.3 is 0 Å². The molecule has 2 heterocycles. The number of halogens is 1. The summed E-state index contributed by atoms with van der Waals surface area (Å²) in [5.41, 5.74) is 1.12. The quantitative estimate of drug-likeness (QED) is 0.691. The van der Waals surface area contributed by atoms with Crippen LogP contribution >= 0.6 is 0 Å². The van der Waals surface area contributed by atoms with E-state index in [-0.39, 0.29) is 17.2 Å². The number of anilines is 1. The van der Waals surface area contributed by atoms with Crippen LogP contribution in [-0.4, -0.2) is 22.1 Å². The summed E-state index contributed by atoms with van der Waals surface area (Å²) in [5, 5.41) is 12.1. The minimum absolute atomic E-state index is 0.0688. The first-order valence-electron chi connectivity index (χ1n) is 5.61. The highest BCUT2D eigenvalue weighted by Gasteiger charge is 2.14. The molecular formula is C13H10FN3O2. The monoisotopic (exact) mass is 258 g/mol. The second-order valence-corrected chi connectivity index (χ2v) is 3.96. The molecule has 2 N–H and O–H groups in total. The smallest absolute Gasteiger partial charge is 0.231 e. The topological polar surface area (TPSA) is 71.2 Å². The largest absolute Gasteiger partial charge is 0.508 e. The highest BCUT2D eigenvalue weighted by molar-refractivity contribution is 5.77. The molecule has 1 aromatic carbocycles. The zero-order valence-electron chi connectivity index (χ0n) is 10.0. The molecule has 0 fully saturated rings. The van der Waals surface area contributed by atoms with E-state index in [2.05, 4.69) is 15.3 Å². The molecule has 0 radical (unpaired) electrons. The summed E-state index contributed by atoms with van der Waals surface area (Å²) < 4.78 is 19.2. The van der Waals surface area contributed by atoms with Crippen LogP contribution in [0.4, 0.5) is 10.2 Å². The maximum absolute atomic E-state index is 13.8. The Kier molecular flexibility index (Phi) is 2.56. The predicted octanol–water partition coefficient (Wildman–Crippen LogP) is 2.78. The highest BCUT2D eigenvalue weighted by atomic mass is 18.2. The number of phenols is 1. The molecule has 0 aliphatic carbocycles. The van der Waals surface area contributed by atoms with E-state index in [9.17, 15) is 9.50 Å². The van der Waals surface area contributed by atoms with Gasteiger partial charge in [-0.2, -0.15) is 4.39 Å². The number of phenolic OH excluding ortho intramolecular Hbond substituents is 1. The highest BCUT2D eigenvalue weighted by Crippen LogP contribution is 2.28.